The van der Waals surface area contributed by atoms with E-state index >= 15 is 0 Å². The van der Waals surface area contributed by atoms with Crippen LogP contribution in [0.3, 0.4) is 0 Å². The zero-order chi connectivity index (χ0) is 2.71. The predicted molar refractivity (Wildman–Crippen MR) is 15.7 cm³/mol. The second-order valence-corrected chi connectivity index (χ2v) is 0.0816. The molecule has 4 nitrogen and oxygen atoms in total. The van der Waals surface area contributed by atoms with Crippen molar-refractivity contribution >= 4 is 29.6 Å². The SMILES string of the molecule is O.OOO.[Na]. The smallest absolute Gasteiger partial charge is 0 e. The van der Waals surface area contributed by atoms with E-state index in [4.69, 9.17) is 10.5 Å². The van der Waals surface area contributed by atoms with E-state index in [1.807, 2.05) is 0 Å². The molecule has 4 N–H and O–H groups in total. The molecule has 0 fully saturated rings. The van der Waals surface area contributed by atoms with Gasteiger partial charge in [0, 0.05) is 29.6 Å². The molecule has 0 saturated carbocycles. The van der Waals surface area contributed by atoms with Gasteiger partial charge in [-0.25, -0.2) is 10.5 Å². The van der Waals surface area contributed by atoms with Crippen molar-refractivity contribution in [3.63, 3.8) is 0 Å². The maximum absolute atomic E-state index is 6.62. The molecule has 0 aromatic heterocycles. The fraction of sp³-hybridized carbons (Fsp3) is 0. The van der Waals surface area contributed by atoms with Crippen LogP contribution in [0.25, 0.3) is 0 Å². The van der Waals surface area contributed by atoms with Crippen molar-refractivity contribution in [2.75, 3.05) is 0 Å². The summed E-state index contributed by atoms with van der Waals surface area (Å²) in [5.74, 6) is 0. The van der Waals surface area contributed by atoms with E-state index in [1.165, 1.54) is 0 Å². The molecule has 0 unspecified atom stereocenters. The van der Waals surface area contributed by atoms with Gasteiger partial charge in [-0.2, -0.15) is 0 Å². The Morgan fingerprint density at radius 1 is 1.20 bits per heavy atom. The first-order valence-corrected chi connectivity index (χ1v) is 0.365. The van der Waals surface area contributed by atoms with E-state index < -0.39 is 0 Å². The van der Waals surface area contributed by atoms with Crippen molar-refractivity contribution in [3.8, 4) is 0 Å². The third-order valence-corrected chi connectivity index (χ3v) is 0. The van der Waals surface area contributed by atoms with Crippen molar-refractivity contribution in [2.45, 2.75) is 0 Å². The van der Waals surface area contributed by atoms with E-state index in [0.717, 1.165) is 0 Å². The maximum Gasteiger partial charge on any atom is 0 e. The van der Waals surface area contributed by atoms with Gasteiger partial charge in [-0.05, 0) is 0 Å². The number of rotatable bonds is 0. The molecule has 0 aromatic rings. The average molecular weight is 91.0 g/mol. The minimum absolute atomic E-state index is 0. The Kier molecular flexibility index (Phi) is 71.5. The summed E-state index contributed by atoms with van der Waals surface area (Å²) in [6.07, 6.45) is 0. The molecule has 5 heteroatoms. The molecule has 29 valence electrons. The first-order valence-electron chi connectivity index (χ1n) is 0.365. The molecule has 0 aliphatic heterocycles. The Bertz CT molecular complexity index is 3.61. The van der Waals surface area contributed by atoms with Crippen LogP contribution >= 0.6 is 0 Å². The van der Waals surface area contributed by atoms with E-state index in [0.29, 0.717) is 0 Å². The Morgan fingerprint density at radius 3 is 1.20 bits per heavy atom. The van der Waals surface area contributed by atoms with Gasteiger partial charge >= 0.3 is 0 Å². The van der Waals surface area contributed by atoms with Crippen LogP contribution in [0.5, 0.6) is 0 Å². The predicted octanol–water partition coefficient (Wildman–Crippen LogP) is -1.26. The number of hydrogen-bond acceptors (Lipinski definition) is 3. The summed E-state index contributed by atoms with van der Waals surface area (Å²) in [5.41, 5.74) is 0. The minimum Gasteiger partial charge on any atom is -0.412 e. The quantitative estimate of drug-likeness (QED) is 0.222. The van der Waals surface area contributed by atoms with E-state index in [2.05, 4.69) is 5.04 Å². The molecule has 0 bridgehead atoms. The molecule has 0 aliphatic rings. The van der Waals surface area contributed by atoms with Gasteiger partial charge in [0.1, 0.15) is 0 Å². The summed E-state index contributed by atoms with van der Waals surface area (Å²) in [6, 6.07) is 0. The minimum atomic E-state index is 0. The van der Waals surface area contributed by atoms with Crippen molar-refractivity contribution in [2.24, 2.45) is 0 Å². The van der Waals surface area contributed by atoms with Crippen LogP contribution in [0.4, 0.5) is 0 Å². The second-order valence-electron chi connectivity index (χ2n) is 0.0816. The van der Waals surface area contributed by atoms with Crippen LogP contribution in [0.1, 0.15) is 0 Å². The summed E-state index contributed by atoms with van der Waals surface area (Å²) in [7, 11) is 0. The first kappa shape index (κ1) is 17.0. The summed E-state index contributed by atoms with van der Waals surface area (Å²) in [6.45, 7) is 0. The Morgan fingerprint density at radius 2 is 1.20 bits per heavy atom. The standard InChI is InChI=1S/Na.H2O3.H2O/c;1-3-2;/h;1-2H;1H2. The molecular formula is H4NaO4. The van der Waals surface area contributed by atoms with E-state index in [-0.39, 0.29) is 35.0 Å². The molecule has 0 rings (SSSR count). The van der Waals surface area contributed by atoms with Crippen molar-refractivity contribution < 1.29 is 21.0 Å². The van der Waals surface area contributed by atoms with Crippen LogP contribution in [0.15, 0.2) is 0 Å². The second kappa shape index (κ2) is 21.1. The van der Waals surface area contributed by atoms with E-state index in [1.54, 1.807) is 0 Å². The summed E-state index contributed by atoms with van der Waals surface area (Å²) < 4.78 is 0. The monoisotopic (exact) mass is 91.0 g/mol. The van der Waals surface area contributed by atoms with Gasteiger partial charge in [-0.3, -0.25) is 0 Å². The summed E-state index contributed by atoms with van der Waals surface area (Å²) in [4.78, 5) is 0. The van der Waals surface area contributed by atoms with Gasteiger partial charge < -0.3 is 5.48 Å². The molecule has 0 aromatic carbocycles. The zero-order valence-electron chi connectivity index (χ0n) is 2.80. The van der Waals surface area contributed by atoms with Crippen LogP contribution in [0.2, 0.25) is 0 Å². The Hall–Kier alpha value is 0.840. The van der Waals surface area contributed by atoms with Gasteiger partial charge in [0.2, 0.25) is 0 Å². The fourth-order valence-corrected chi connectivity index (χ4v) is 0. The van der Waals surface area contributed by atoms with Crippen LogP contribution in [-0.2, 0) is 5.04 Å². The number of hydrogen-bond donors (Lipinski definition) is 2. The normalized spacial score (nSPS) is 3.60. The van der Waals surface area contributed by atoms with Gasteiger partial charge in [-0.15, -0.1) is 0 Å². The van der Waals surface area contributed by atoms with Gasteiger partial charge in [0.05, 0.1) is 0 Å². The molecule has 0 aliphatic carbocycles. The Labute approximate surface area is 50.8 Å². The molecule has 5 heavy (non-hydrogen) atoms. The van der Waals surface area contributed by atoms with Crippen LogP contribution in [-0.4, -0.2) is 45.5 Å². The fourth-order valence-electron chi connectivity index (χ4n) is 0. The molecule has 1 radical (unpaired) electrons. The van der Waals surface area contributed by atoms with E-state index in [9.17, 15) is 0 Å². The van der Waals surface area contributed by atoms with Crippen molar-refractivity contribution in [1.82, 2.24) is 0 Å². The molecule has 0 amide bonds. The average Bonchev–Trinajstić information content (AvgIpc) is 0.918. The molecule has 0 atom stereocenters. The zero-order valence-corrected chi connectivity index (χ0v) is 4.80. The maximum atomic E-state index is 6.62. The van der Waals surface area contributed by atoms with Gasteiger partial charge in [0.25, 0.3) is 0 Å². The van der Waals surface area contributed by atoms with Gasteiger partial charge in [-0.1, -0.05) is 5.04 Å². The third-order valence-electron chi connectivity index (χ3n) is 0. The topological polar surface area (TPSA) is 81.2 Å². The largest absolute Gasteiger partial charge is 0.412 e. The Balaban J connectivity index is -0.0000000200. The molecule has 0 spiro atoms. The van der Waals surface area contributed by atoms with Gasteiger partial charge in [0.15, 0.2) is 0 Å². The van der Waals surface area contributed by atoms with Crippen molar-refractivity contribution in [3.05, 3.63) is 0 Å². The molecular weight excluding hydrogens is 87.0 g/mol. The summed E-state index contributed by atoms with van der Waals surface area (Å²) in [5, 5.41) is 15.5. The van der Waals surface area contributed by atoms with Crippen LogP contribution < -0.4 is 0 Å². The molecule has 0 saturated heterocycles. The van der Waals surface area contributed by atoms with Crippen molar-refractivity contribution in [1.29, 1.82) is 0 Å². The first-order chi connectivity index (χ1) is 1.41. The summed E-state index contributed by atoms with van der Waals surface area (Å²) >= 11 is 0. The third kappa shape index (κ3) is 55.3. The van der Waals surface area contributed by atoms with Crippen LogP contribution in [0, 0.1) is 0 Å². The molecule has 0 heterocycles.